The van der Waals surface area contributed by atoms with Crippen LogP contribution >= 0.6 is 0 Å². The van der Waals surface area contributed by atoms with Gasteiger partial charge in [0.2, 0.25) is 11.8 Å². The van der Waals surface area contributed by atoms with E-state index in [-0.39, 0.29) is 12.5 Å². The molecule has 0 aliphatic carbocycles. The van der Waals surface area contributed by atoms with E-state index in [0.717, 1.165) is 9.80 Å². The van der Waals surface area contributed by atoms with E-state index in [0.29, 0.717) is 13.1 Å². The molecule has 0 aromatic carbocycles. The lowest BCUT2D eigenvalue weighted by atomic mass is 10.4. The first-order valence-corrected chi connectivity index (χ1v) is 6.50. The predicted molar refractivity (Wildman–Crippen MR) is 74.4 cm³/mol. The van der Waals surface area contributed by atoms with E-state index in [4.69, 9.17) is 10.8 Å². The number of nitrogens with two attached hydrogens (primary N) is 1. The molecule has 0 aromatic heterocycles. The van der Waals surface area contributed by atoms with Crippen LogP contribution < -0.4 is 5.73 Å². The number of aliphatic carboxylic acids is 1. The number of hydrogen-bond acceptors (Lipinski definition) is 4. The molecule has 9 heteroatoms. The van der Waals surface area contributed by atoms with Gasteiger partial charge < -0.3 is 25.5 Å². The summed E-state index contributed by atoms with van der Waals surface area (Å²) in [4.78, 5) is 48.9. The van der Waals surface area contributed by atoms with Crippen molar-refractivity contribution in [2.45, 2.75) is 13.8 Å². The molecule has 0 aliphatic rings. The summed E-state index contributed by atoms with van der Waals surface area (Å²) in [6.45, 7) is 3.27. The van der Waals surface area contributed by atoms with Crippen molar-refractivity contribution in [3.63, 3.8) is 0 Å². The zero-order valence-corrected chi connectivity index (χ0v) is 12.5. The molecule has 0 saturated carbocycles. The summed E-state index contributed by atoms with van der Waals surface area (Å²) in [5.74, 6) is -2.36. The fourth-order valence-corrected chi connectivity index (χ4v) is 1.73. The molecule has 0 spiro atoms. The Morgan fingerprint density at radius 2 is 1.48 bits per heavy atom. The number of carboxylic acids is 1. The Bertz CT molecular complexity index is 392. The lowest BCUT2D eigenvalue weighted by molar-refractivity contribution is -0.138. The number of carbonyl (C=O) groups excluding carboxylic acids is 3. The molecule has 0 fully saturated rings. The molecule has 3 N–H and O–H groups in total. The van der Waals surface area contributed by atoms with Crippen LogP contribution in [0.4, 0.5) is 4.79 Å². The van der Waals surface area contributed by atoms with Gasteiger partial charge in [-0.05, 0) is 13.8 Å². The van der Waals surface area contributed by atoms with E-state index in [1.807, 2.05) is 13.8 Å². The third-order valence-corrected chi connectivity index (χ3v) is 2.76. The number of carboxylic acid groups (broad SMARTS) is 1. The third-order valence-electron chi connectivity index (χ3n) is 2.76. The minimum atomic E-state index is -1.27. The highest BCUT2D eigenvalue weighted by Crippen LogP contribution is 1.99. The monoisotopic (exact) mass is 302 g/mol. The molecule has 0 unspecified atom stereocenters. The van der Waals surface area contributed by atoms with Crippen LogP contribution in [-0.4, -0.2) is 83.4 Å². The summed E-state index contributed by atoms with van der Waals surface area (Å²) < 4.78 is 0. The topological polar surface area (TPSA) is 124 Å². The largest absolute Gasteiger partial charge is 0.480 e. The van der Waals surface area contributed by atoms with Crippen LogP contribution in [0.15, 0.2) is 0 Å². The number of likely N-dealkylation sites (N-methyl/N-ethyl adjacent to an activating group) is 2. The molecular formula is C12H22N4O5. The van der Waals surface area contributed by atoms with Crippen LogP contribution in [0.5, 0.6) is 0 Å². The van der Waals surface area contributed by atoms with Crippen LogP contribution in [0.3, 0.4) is 0 Å². The maximum atomic E-state index is 12.1. The summed E-state index contributed by atoms with van der Waals surface area (Å²) in [5, 5.41) is 8.73. The van der Waals surface area contributed by atoms with E-state index in [1.54, 1.807) is 4.90 Å². The van der Waals surface area contributed by atoms with Crippen molar-refractivity contribution in [2.24, 2.45) is 5.73 Å². The lowest BCUT2D eigenvalue weighted by Gasteiger charge is -2.27. The lowest BCUT2D eigenvalue weighted by Crippen LogP contribution is -2.50. The molecule has 120 valence electrons. The number of amides is 4. The van der Waals surface area contributed by atoms with Crippen LogP contribution in [-0.2, 0) is 14.4 Å². The Balaban J connectivity index is 4.79. The van der Waals surface area contributed by atoms with E-state index >= 15 is 0 Å². The Kier molecular flexibility index (Phi) is 7.80. The maximum Gasteiger partial charge on any atom is 0.323 e. The minimum absolute atomic E-state index is 0.199. The second-order valence-corrected chi connectivity index (χ2v) is 4.42. The van der Waals surface area contributed by atoms with Crippen LogP contribution in [0.2, 0.25) is 0 Å². The first kappa shape index (κ1) is 18.7. The standard InChI is InChI=1S/C12H22N4O5/c1-4-15(5-2)10(18)7-14(3)12(21)16(6-9(13)17)8-11(19)20/h4-8H2,1-3H3,(H2,13,17)(H,19,20). The summed E-state index contributed by atoms with van der Waals surface area (Å²) in [7, 11) is 1.36. The Hall–Kier alpha value is -2.32. The van der Waals surface area contributed by atoms with Crippen molar-refractivity contribution in [3.8, 4) is 0 Å². The predicted octanol–water partition coefficient (Wildman–Crippen LogP) is -1.22. The second-order valence-electron chi connectivity index (χ2n) is 4.42. The van der Waals surface area contributed by atoms with Gasteiger partial charge in [0.25, 0.3) is 0 Å². The Morgan fingerprint density at radius 1 is 0.952 bits per heavy atom. The smallest absolute Gasteiger partial charge is 0.323 e. The number of hydrogen-bond donors (Lipinski definition) is 2. The quantitative estimate of drug-likeness (QED) is 0.581. The van der Waals surface area contributed by atoms with Gasteiger partial charge in [-0.25, -0.2) is 4.79 Å². The highest BCUT2D eigenvalue weighted by atomic mass is 16.4. The highest BCUT2D eigenvalue weighted by molar-refractivity contribution is 5.88. The number of carbonyl (C=O) groups is 4. The normalized spacial score (nSPS) is 9.86. The number of primary amides is 1. The zero-order valence-electron chi connectivity index (χ0n) is 12.5. The highest BCUT2D eigenvalue weighted by Gasteiger charge is 2.24. The first-order valence-electron chi connectivity index (χ1n) is 6.50. The number of nitrogens with zero attached hydrogens (tertiary/aromatic N) is 3. The molecule has 0 aromatic rings. The van der Waals surface area contributed by atoms with Crippen molar-refractivity contribution in [3.05, 3.63) is 0 Å². The van der Waals surface area contributed by atoms with Gasteiger partial charge in [0.15, 0.2) is 0 Å². The maximum absolute atomic E-state index is 12.1. The summed E-state index contributed by atoms with van der Waals surface area (Å²) in [5.41, 5.74) is 4.98. The SMILES string of the molecule is CCN(CC)C(=O)CN(C)C(=O)N(CC(N)=O)CC(=O)O. The summed E-state index contributed by atoms with van der Waals surface area (Å²) in [6.07, 6.45) is 0. The molecule has 0 atom stereocenters. The van der Waals surface area contributed by atoms with E-state index < -0.39 is 31.0 Å². The van der Waals surface area contributed by atoms with Gasteiger partial charge in [-0.15, -0.1) is 0 Å². The van der Waals surface area contributed by atoms with Gasteiger partial charge in [-0.1, -0.05) is 0 Å². The average Bonchev–Trinajstić information content (AvgIpc) is 2.37. The van der Waals surface area contributed by atoms with Gasteiger partial charge in [0, 0.05) is 20.1 Å². The second kappa shape index (κ2) is 8.77. The van der Waals surface area contributed by atoms with Gasteiger partial charge in [-0.3, -0.25) is 14.4 Å². The Labute approximate surface area is 123 Å². The van der Waals surface area contributed by atoms with Crippen molar-refractivity contribution in [1.82, 2.24) is 14.7 Å². The molecule has 0 heterocycles. The number of rotatable bonds is 8. The molecular weight excluding hydrogens is 280 g/mol. The molecule has 0 bridgehead atoms. The van der Waals surface area contributed by atoms with E-state index in [1.165, 1.54) is 7.05 Å². The van der Waals surface area contributed by atoms with Crippen molar-refractivity contribution in [2.75, 3.05) is 39.8 Å². The molecule has 9 nitrogen and oxygen atoms in total. The van der Waals surface area contributed by atoms with Gasteiger partial charge in [0.1, 0.15) is 19.6 Å². The fourth-order valence-electron chi connectivity index (χ4n) is 1.73. The van der Waals surface area contributed by atoms with Gasteiger partial charge >= 0.3 is 12.0 Å². The first-order chi connectivity index (χ1) is 9.72. The van der Waals surface area contributed by atoms with Gasteiger partial charge in [0.05, 0.1) is 0 Å². The van der Waals surface area contributed by atoms with Crippen molar-refractivity contribution < 1.29 is 24.3 Å². The minimum Gasteiger partial charge on any atom is -0.480 e. The van der Waals surface area contributed by atoms with Crippen LogP contribution in [0, 0.1) is 0 Å². The molecule has 4 amide bonds. The van der Waals surface area contributed by atoms with Crippen molar-refractivity contribution in [1.29, 1.82) is 0 Å². The Morgan fingerprint density at radius 3 is 1.86 bits per heavy atom. The molecule has 21 heavy (non-hydrogen) atoms. The molecule has 0 radical (unpaired) electrons. The third kappa shape index (κ3) is 6.59. The fraction of sp³-hybridized carbons (Fsp3) is 0.667. The summed E-state index contributed by atoms with van der Waals surface area (Å²) >= 11 is 0. The summed E-state index contributed by atoms with van der Waals surface area (Å²) in [6, 6.07) is -0.739. The van der Waals surface area contributed by atoms with E-state index in [9.17, 15) is 19.2 Å². The van der Waals surface area contributed by atoms with Crippen LogP contribution in [0.25, 0.3) is 0 Å². The molecule has 0 aliphatic heterocycles. The molecule has 0 saturated heterocycles. The van der Waals surface area contributed by atoms with Crippen molar-refractivity contribution >= 4 is 23.8 Å². The zero-order chi connectivity index (χ0) is 16.6. The number of urea groups is 1. The average molecular weight is 302 g/mol. The van der Waals surface area contributed by atoms with E-state index in [2.05, 4.69) is 0 Å². The van der Waals surface area contributed by atoms with Crippen LogP contribution in [0.1, 0.15) is 13.8 Å². The van der Waals surface area contributed by atoms with Gasteiger partial charge in [-0.2, -0.15) is 0 Å². The molecule has 0 rings (SSSR count).